The van der Waals surface area contributed by atoms with E-state index in [2.05, 4.69) is 10.4 Å². The van der Waals surface area contributed by atoms with E-state index in [1.165, 1.54) is 12.8 Å². The fourth-order valence-corrected chi connectivity index (χ4v) is 1.59. The normalized spacial score (nSPS) is 17.5. The second-order valence-electron chi connectivity index (χ2n) is 4.05. The van der Waals surface area contributed by atoms with Crippen molar-refractivity contribution in [3.8, 4) is 0 Å². The highest BCUT2D eigenvalue weighted by atomic mass is 16.2. The molecular weight excluding hydrogens is 192 g/mol. The third-order valence-electron chi connectivity index (χ3n) is 2.78. The molecule has 1 aliphatic rings. The van der Waals surface area contributed by atoms with Gasteiger partial charge in [0.15, 0.2) is 0 Å². The molecule has 1 unspecified atom stereocenters. The largest absolute Gasteiger partial charge is 0.349 e. The first kappa shape index (κ1) is 10.2. The lowest BCUT2D eigenvalue weighted by molar-refractivity contribution is 0.0941. The predicted molar refractivity (Wildman–Crippen MR) is 56.2 cm³/mol. The van der Waals surface area contributed by atoms with E-state index in [-0.39, 0.29) is 11.9 Å². The Balaban J connectivity index is 1.84. The van der Waals surface area contributed by atoms with Gasteiger partial charge in [0.1, 0.15) is 5.69 Å². The lowest BCUT2D eigenvalue weighted by Gasteiger charge is -2.11. The summed E-state index contributed by atoms with van der Waals surface area (Å²) in [6, 6.07) is 1.79. The Morgan fingerprint density at radius 2 is 2.53 bits per heavy atom. The van der Waals surface area contributed by atoms with Gasteiger partial charge >= 0.3 is 0 Å². The molecule has 1 aliphatic carbocycles. The fraction of sp³-hybridized carbons (Fsp3) is 0.600. The third-order valence-corrected chi connectivity index (χ3v) is 2.78. The standard InChI is InChI=1S/C10H16N4O/c1-14-9(4-5-13-14)10(15)12-6-8(11)7-2-3-7/h4-5,7-8H,2-3,6,11H2,1H3,(H,12,15). The first-order chi connectivity index (χ1) is 7.18. The van der Waals surface area contributed by atoms with Crippen LogP contribution >= 0.6 is 0 Å². The molecular formula is C10H16N4O. The minimum Gasteiger partial charge on any atom is -0.349 e. The maximum absolute atomic E-state index is 11.6. The average molecular weight is 208 g/mol. The van der Waals surface area contributed by atoms with Gasteiger partial charge in [0.05, 0.1) is 0 Å². The number of amides is 1. The molecule has 2 rings (SSSR count). The summed E-state index contributed by atoms with van der Waals surface area (Å²) in [5.74, 6) is 0.503. The lowest BCUT2D eigenvalue weighted by Crippen LogP contribution is -2.39. The van der Waals surface area contributed by atoms with Crippen LogP contribution in [0.3, 0.4) is 0 Å². The Labute approximate surface area is 88.6 Å². The van der Waals surface area contributed by atoms with Crippen molar-refractivity contribution < 1.29 is 4.79 Å². The van der Waals surface area contributed by atoms with Crippen LogP contribution in [-0.4, -0.2) is 28.3 Å². The van der Waals surface area contributed by atoms with Gasteiger partial charge in [-0.3, -0.25) is 9.48 Å². The van der Waals surface area contributed by atoms with E-state index >= 15 is 0 Å². The van der Waals surface area contributed by atoms with E-state index in [1.807, 2.05) is 0 Å². The number of carbonyl (C=O) groups excluding carboxylic acids is 1. The molecule has 3 N–H and O–H groups in total. The maximum atomic E-state index is 11.6. The van der Waals surface area contributed by atoms with Gasteiger partial charge in [-0.05, 0) is 24.8 Å². The van der Waals surface area contributed by atoms with Gasteiger partial charge in [-0.25, -0.2) is 0 Å². The summed E-state index contributed by atoms with van der Waals surface area (Å²) < 4.78 is 1.55. The molecule has 1 atom stereocenters. The number of carbonyl (C=O) groups is 1. The highest BCUT2D eigenvalue weighted by Crippen LogP contribution is 2.31. The van der Waals surface area contributed by atoms with Crippen LogP contribution < -0.4 is 11.1 Å². The van der Waals surface area contributed by atoms with Gasteiger partial charge in [-0.15, -0.1) is 0 Å². The fourth-order valence-electron chi connectivity index (χ4n) is 1.59. The van der Waals surface area contributed by atoms with Gasteiger partial charge in [0, 0.05) is 25.8 Å². The Kier molecular flexibility index (Phi) is 2.73. The monoisotopic (exact) mass is 208 g/mol. The van der Waals surface area contributed by atoms with Crippen molar-refractivity contribution in [1.82, 2.24) is 15.1 Å². The molecule has 1 fully saturated rings. The molecule has 1 aromatic heterocycles. The van der Waals surface area contributed by atoms with Crippen LogP contribution in [0.4, 0.5) is 0 Å². The van der Waals surface area contributed by atoms with E-state index in [4.69, 9.17) is 5.73 Å². The molecule has 0 aromatic carbocycles. The lowest BCUT2D eigenvalue weighted by atomic mass is 10.2. The quantitative estimate of drug-likeness (QED) is 0.725. The smallest absolute Gasteiger partial charge is 0.269 e. The van der Waals surface area contributed by atoms with Gasteiger partial charge < -0.3 is 11.1 Å². The molecule has 15 heavy (non-hydrogen) atoms. The van der Waals surface area contributed by atoms with Crippen molar-refractivity contribution in [1.29, 1.82) is 0 Å². The summed E-state index contributed by atoms with van der Waals surface area (Å²) in [6.07, 6.45) is 4.00. The number of nitrogens with one attached hydrogen (secondary N) is 1. The number of aromatic nitrogens is 2. The number of aryl methyl sites for hydroxylation is 1. The van der Waals surface area contributed by atoms with Crippen LogP contribution in [-0.2, 0) is 7.05 Å². The molecule has 0 radical (unpaired) electrons. The highest BCUT2D eigenvalue weighted by Gasteiger charge is 2.28. The molecule has 1 saturated carbocycles. The molecule has 1 amide bonds. The molecule has 0 saturated heterocycles. The van der Waals surface area contributed by atoms with Crippen LogP contribution in [0, 0.1) is 5.92 Å². The SMILES string of the molecule is Cn1nccc1C(=O)NCC(N)C1CC1. The number of hydrogen-bond acceptors (Lipinski definition) is 3. The summed E-state index contributed by atoms with van der Waals surface area (Å²) in [6.45, 7) is 0.550. The summed E-state index contributed by atoms with van der Waals surface area (Å²) in [4.78, 5) is 11.6. The zero-order valence-corrected chi connectivity index (χ0v) is 8.81. The number of nitrogens with zero attached hydrogens (tertiary/aromatic N) is 2. The highest BCUT2D eigenvalue weighted by molar-refractivity contribution is 5.92. The van der Waals surface area contributed by atoms with Gasteiger partial charge in [-0.1, -0.05) is 0 Å². The number of hydrogen-bond donors (Lipinski definition) is 2. The van der Waals surface area contributed by atoms with Crippen LogP contribution in [0.15, 0.2) is 12.3 Å². The molecule has 5 heteroatoms. The summed E-state index contributed by atoms with van der Waals surface area (Å²) in [5, 5.41) is 6.76. The van der Waals surface area contributed by atoms with Crippen molar-refractivity contribution in [3.05, 3.63) is 18.0 Å². The first-order valence-electron chi connectivity index (χ1n) is 5.20. The Bertz CT molecular complexity index is 356. The number of nitrogens with two attached hydrogens (primary N) is 1. The van der Waals surface area contributed by atoms with Crippen LogP contribution in [0.5, 0.6) is 0 Å². The van der Waals surface area contributed by atoms with Crippen molar-refractivity contribution >= 4 is 5.91 Å². The Morgan fingerprint density at radius 1 is 1.80 bits per heavy atom. The van der Waals surface area contributed by atoms with Crippen molar-refractivity contribution in [2.75, 3.05) is 6.54 Å². The molecule has 82 valence electrons. The molecule has 0 spiro atoms. The van der Waals surface area contributed by atoms with E-state index in [9.17, 15) is 4.79 Å². The molecule has 1 aromatic rings. The average Bonchev–Trinajstić information content (AvgIpc) is 2.98. The summed E-state index contributed by atoms with van der Waals surface area (Å²) >= 11 is 0. The van der Waals surface area contributed by atoms with Gasteiger partial charge in [-0.2, -0.15) is 5.10 Å². The Morgan fingerprint density at radius 3 is 3.07 bits per heavy atom. The third kappa shape index (κ3) is 2.36. The van der Waals surface area contributed by atoms with Crippen molar-refractivity contribution in [3.63, 3.8) is 0 Å². The van der Waals surface area contributed by atoms with E-state index in [0.717, 1.165) is 0 Å². The minimum absolute atomic E-state index is 0.0992. The summed E-state index contributed by atoms with van der Waals surface area (Å²) in [5.41, 5.74) is 6.45. The Hall–Kier alpha value is -1.36. The summed E-state index contributed by atoms with van der Waals surface area (Å²) in [7, 11) is 1.75. The first-order valence-corrected chi connectivity index (χ1v) is 5.20. The molecule has 0 bridgehead atoms. The molecule has 0 aliphatic heterocycles. The van der Waals surface area contributed by atoms with Crippen molar-refractivity contribution in [2.24, 2.45) is 18.7 Å². The second-order valence-corrected chi connectivity index (χ2v) is 4.05. The predicted octanol–water partition coefficient (Wildman–Crippen LogP) is -0.113. The van der Waals surface area contributed by atoms with Crippen molar-refractivity contribution in [2.45, 2.75) is 18.9 Å². The number of rotatable bonds is 4. The van der Waals surface area contributed by atoms with E-state index in [0.29, 0.717) is 18.2 Å². The minimum atomic E-state index is -0.105. The van der Waals surface area contributed by atoms with Gasteiger partial charge in [0.2, 0.25) is 0 Å². The maximum Gasteiger partial charge on any atom is 0.269 e. The van der Waals surface area contributed by atoms with Crippen LogP contribution in [0.2, 0.25) is 0 Å². The second kappa shape index (κ2) is 4.02. The van der Waals surface area contributed by atoms with E-state index < -0.39 is 0 Å². The molecule has 5 nitrogen and oxygen atoms in total. The van der Waals surface area contributed by atoms with Crippen LogP contribution in [0.1, 0.15) is 23.3 Å². The zero-order chi connectivity index (χ0) is 10.8. The molecule has 1 heterocycles. The topological polar surface area (TPSA) is 72.9 Å². The zero-order valence-electron chi connectivity index (χ0n) is 8.81. The van der Waals surface area contributed by atoms with Crippen LogP contribution in [0.25, 0.3) is 0 Å². The van der Waals surface area contributed by atoms with E-state index in [1.54, 1.807) is 24.0 Å². The van der Waals surface area contributed by atoms with Gasteiger partial charge in [0.25, 0.3) is 5.91 Å².